The summed E-state index contributed by atoms with van der Waals surface area (Å²) < 4.78 is 12.3. The summed E-state index contributed by atoms with van der Waals surface area (Å²) in [6.45, 7) is 2.27. The van der Waals surface area contributed by atoms with Crippen LogP contribution in [0.1, 0.15) is 17.2 Å². The Balaban J connectivity index is 0.00000392. The maximum Gasteiger partial charge on any atom is 0.119 e. The van der Waals surface area contributed by atoms with Gasteiger partial charge in [0.25, 0.3) is 0 Å². The molecule has 2 N–H and O–H groups in total. The van der Waals surface area contributed by atoms with Crippen LogP contribution in [-0.4, -0.2) is 44.3 Å². The van der Waals surface area contributed by atoms with Gasteiger partial charge in [0, 0.05) is 35.7 Å². The fourth-order valence-corrected chi connectivity index (χ4v) is 3.60. The largest absolute Gasteiger partial charge is 0.492 e. The highest BCUT2D eigenvalue weighted by atomic mass is 127. The van der Waals surface area contributed by atoms with Crippen LogP contribution in [-0.2, 0) is 11.2 Å². The van der Waals surface area contributed by atoms with Crippen molar-refractivity contribution in [3.05, 3.63) is 64.7 Å². The molecule has 0 saturated heterocycles. The van der Waals surface area contributed by atoms with Crippen molar-refractivity contribution in [1.29, 1.82) is 0 Å². The molecular formula is C21H30Cl3IN2O2. The molecule has 8 heteroatoms. The molecule has 0 heterocycles. The molecule has 0 amide bonds. The smallest absolute Gasteiger partial charge is 0.119 e. The Morgan fingerprint density at radius 1 is 1.10 bits per heavy atom. The monoisotopic (exact) mass is 574 g/mol. The molecule has 0 saturated carbocycles. The molecule has 0 bridgehead atoms. The first-order chi connectivity index (χ1) is 13.2. The van der Waals surface area contributed by atoms with Crippen molar-refractivity contribution in [2.24, 2.45) is 0 Å². The molecule has 0 radical (unpaired) electrons. The van der Waals surface area contributed by atoms with E-state index in [2.05, 4.69) is 45.4 Å². The Labute approximate surface area is 205 Å². The molecule has 2 atom stereocenters. The normalized spacial score (nSPS) is 12.4. The third-order valence-corrected chi connectivity index (χ3v) is 5.61. The predicted octanol–water partition coefficient (Wildman–Crippen LogP) is 5.11. The van der Waals surface area contributed by atoms with Crippen LogP contribution in [0.3, 0.4) is 0 Å². The lowest BCUT2D eigenvalue weighted by Crippen LogP contribution is -2.36. The summed E-state index contributed by atoms with van der Waals surface area (Å²) in [4.78, 5) is 0. The van der Waals surface area contributed by atoms with Gasteiger partial charge in [-0.1, -0.05) is 58.5 Å². The molecule has 2 aromatic rings. The molecular weight excluding hydrogens is 546 g/mol. The average Bonchev–Trinajstić information content (AvgIpc) is 2.69. The maximum atomic E-state index is 6.11. The molecule has 2 unspecified atom stereocenters. The number of rotatable bonds is 12. The van der Waals surface area contributed by atoms with Gasteiger partial charge in [0.2, 0.25) is 0 Å². The fraction of sp³-hybridized carbons (Fsp3) is 0.429. The Hall–Kier alpha value is -0.280. The second kappa shape index (κ2) is 16.4. The van der Waals surface area contributed by atoms with Crippen molar-refractivity contribution >= 4 is 59.0 Å². The molecule has 29 heavy (non-hydrogen) atoms. The number of alkyl halides is 1. The molecule has 0 spiro atoms. The van der Waals surface area contributed by atoms with Crippen molar-refractivity contribution in [2.75, 3.05) is 38.3 Å². The van der Waals surface area contributed by atoms with Gasteiger partial charge in [-0.3, -0.25) is 0 Å². The summed E-state index contributed by atoms with van der Waals surface area (Å²) in [5.74, 6) is 0.911. The Kier molecular flexibility index (Phi) is 16.3. The Morgan fingerprint density at radius 3 is 2.41 bits per heavy atom. The van der Waals surface area contributed by atoms with E-state index in [9.17, 15) is 0 Å². The Morgan fingerprint density at radius 2 is 1.83 bits per heavy atom. The highest BCUT2D eigenvalue weighted by Crippen LogP contribution is 2.20. The average molecular weight is 576 g/mol. The molecule has 164 valence electrons. The van der Waals surface area contributed by atoms with Crippen molar-refractivity contribution in [3.63, 3.8) is 0 Å². The highest BCUT2D eigenvalue weighted by molar-refractivity contribution is 14.1. The molecule has 2 rings (SSSR count). The van der Waals surface area contributed by atoms with Crippen LogP contribution in [0.5, 0.6) is 5.75 Å². The minimum atomic E-state index is -0.0166. The van der Waals surface area contributed by atoms with Crippen LogP contribution in [0, 0.1) is 0 Å². The zero-order valence-corrected chi connectivity index (χ0v) is 21.2. The van der Waals surface area contributed by atoms with Gasteiger partial charge in [0.05, 0.1) is 6.10 Å². The predicted molar refractivity (Wildman–Crippen MR) is 136 cm³/mol. The van der Waals surface area contributed by atoms with Gasteiger partial charge in [0.15, 0.2) is 0 Å². The van der Waals surface area contributed by atoms with E-state index in [-0.39, 0.29) is 30.9 Å². The molecule has 0 aromatic heterocycles. The molecule has 0 aliphatic heterocycles. The lowest BCUT2D eigenvalue weighted by atomic mass is 10.1. The standard InChI is InChI=1S/C21H28ClIN2O2.2ClH/c1-24-10-11-27-20-8-6-16(7-9-20)12-19(14-23)25-15-21(26-2)17-4-3-5-18(22)13-17;;/h3-9,13,19,21,24-25H,10-12,14-15H2,1-2H3;2*1H. The van der Waals surface area contributed by atoms with Gasteiger partial charge < -0.3 is 20.1 Å². The van der Waals surface area contributed by atoms with E-state index in [0.717, 1.165) is 40.3 Å². The topological polar surface area (TPSA) is 42.5 Å². The van der Waals surface area contributed by atoms with E-state index in [4.69, 9.17) is 21.1 Å². The van der Waals surface area contributed by atoms with Crippen LogP contribution < -0.4 is 15.4 Å². The van der Waals surface area contributed by atoms with Gasteiger partial charge in [0.1, 0.15) is 12.4 Å². The number of benzene rings is 2. The number of ether oxygens (including phenoxy) is 2. The summed E-state index contributed by atoms with van der Waals surface area (Å²) in [5.41, 5.74) is 2.38. The second-order valence-electron chi connectivity index (χ2n) is 6.34. The van der Waals surface area contributed by atoms with Gasteiger partial charge in [-0.25, -0.2) is 0 Å². The summed E-state index contributed by atoms with van der Waals surface area (Å²) in [6, 6.07) is 16.6. The van der Waals surface area contributed by atoms with Crippen molar-refractivity contribution in [2.45, 2.75) is 18.6 Å². The van der Waals surface area contributed by atoms with Gasteiger partial charge in [-0.15, -0.1) is 24.8 Å². The van der Waals surface area contributed by atoms with E-state index >= 15 is 0 Å². The van der Waals surface area contributed by atoms with Gasteiger partial charge in [-0.05, 0) is 48.9 Å². The molecule has 0 aliphatic rings. The quantitative estimate of drug-likeness (QED) is 0.210. The molecule has 2 aromatic carbocycles. The van der Waals surface area contributed by atoms with Crippen LogP contribution in [0.2, 0.25) is 5.02 Å². The number of likely N-dealkylation sites (N-methyl/N-ethyl adjacent to an activating group) is 1. The summed E-state index contributed by atoms with van der Waals surface area (Å²) in [5, 5.41) is 7.44. The first-order valence-electron chi connectivity index (χ1n) is 9.10. The molecule has 0 fully saturated rings. The number of hydrogen-bond donors (Lipinski definition) is 2. The zero-order valence-electron chi connectivity index (χ0n) is 16.7. The summed E-state index contributed by atoms with van der Waals surface area (Å²) in [6.07, 6.45) is 0.947. The van der Waals surface area contributed by atoms with E-state index in [1.165, 1.54) is 5.56 Å². The van der Waals surface area contributed by atoms with Crippen molar-refractivity contribution in [3.8, 4) is 5.75 Å². The van der Waals surface area contributed by atoms with Crippen LogP contribution >= 0.6 is 59.0 Å². The number of methoxy groups -OCH3 is 1. The third-order valence-electron chi connectivity index (χ3n) is 4.31. The highest BCUT2D eigenvalue weighted by Gasteiger charge is 2.14. The van der Waals surface area contributed by atoms with E-state index in [1.807, 2.05) is 43.4 Å². The minimum Gasteiger partial charge on any atom is -0.492 e. The first kappa shape index (κ1) is 28.7. The van der Waals surface area contributed by atoms with Gasteiger partial charge >= 0.3 is 0 Å². The fourth-order valence-electron chi connectivity index (χ4n) is 2.78. The lowest BCUT2D eigenvalue weighted by molar-refractivity contribution is 0.100. The second-order valence-corrected chi connectivity index (χ2v) is 7.66. The van der Waals surface area contributed by atoms with Crippen LogP contribution in [0.4, 0.5) is 0 Å². The number of halogens is 4. The SMILES string of the molecule is CNCCOc1ccc(CC(CI)NCC(OC)c2cccc(Cl)c2)cc1.Cl.Cl. The lowest BCUT2D eigenvalue weighted by Gasteiger charge is -2.22. The first-order valence-corrected chi connectivity index (χ1v) is 11.0. The molecule has 4 nitrogen and oxygen atoms in total. The van der Waals surface area contributed by atoms with Crippen LogP contribution in [0.15, 0.2) is 48.5 Å². The van der Waals surface area contributed by atoms with Gasteiger partial charge in [-0.2, -0.15) is 0 Å². The zero-order chi connectivity index (χ0) is 19.5. The van der Waals surface area contributed by atoms with Crippen LogP contribution in [0.25, 0.3) is 0 Å². The maximum absolute atomic E-state index is 6.11. The molecule has 0 aliphatic carbocycles. The minimum absolute atomic E-state index is 0. The van der Waals surface area contributed by atoms with E-state index in [1.54, 1.807) is 7.11 Å². The van der Waals surface area contributed by atoms with Crippen molar-refractivity contribution < 1.29 is 9.47 Å². The summed E-state index contributed by atoms with van der Waals surface area (Å²) >= 11 is 8.53. The van der Waals surface area contributed by atoms with E-state index in [0.29, 0.717) is 12.6 Å². The Bertz CT molecular complexity index is 677. The van der Waals surface area contributed by atoms with E-state index < -0.39 is 0 Å². The number of hydrogen-bond acceptors (Lipinski definition) is 4. The van der Waals surface area contributed by atoms with Crippen molar-refractivity contribution in [1.82, 2.24) is 10.6 Å². The number of nitrogens with one attached hydrogen (secondary N) is 2. The summed E-state index contributed by atoms with van der Waals surface area (Å²) in [7, 11) is 3.66. The third kappa shape index (κ3) is 10.5.